The lowest BCUT2D eigenvalue weighted by Gasteiger charge is -2.42. The highest BCUT2D eigenvalue weighted by atomic mass is 16.5. The summed E-state index contributed by atoms with van der Waals surface area (Å²) >= 11 is 0. The molecular weight excluding hydrogens is 156 g/mol. The molecular formula is C9H16O3. The minimum absolute atomic E-state index is 0.362. The fraction of sp³-hybridized carbons (Fsp3) is 0.889. The minimum atomic E-state index is -0.877. The fourth-order valence-electron chi connectivity index (χ4n) is 1.44. The van der Waals surface area contributed by atoms with E-state index in [0.29, 0.717) is 12.8 Å². The molecule has 1 aliphatic carbocycles. The normalized spacial score (nSPS) is 21.6. The third-order valence-corrected chi connectivity index (χ3v) is 2.05. The predicted octanol–water partition coefficient (Wildman–Crippen LogP) is 1.81. The number of ether oxygens (including phenoxy) is 1. The standard InChI is InChI=1S/C9H16O3/c1-8(2,3)12-9(7(10)11)5-4-6-9/h4-6H2,1-3H3,(H,10,11). The smallest absolute Gasteiger partial charge is 0.335 e. The van der Waals surface area contributed by atoms with E-state index in [0.717, 1.165) is 6.42 Å². The second kappa shape index (κ2) is 2.73. The summed E-state index contributed by atoms with van der Waals surface area (Å²) < 4.78 is 5.52. The van der Waals surface area contributed by atoms with Crippen LogP contribution in [0.4, 0.5) is 0 Å². The monoisotopic (exact) mass is 172 g/mol. The molecule has 3 nitrogen and oxygen atoms in total. The Balaban J connectivity index is 2.63. The van der Waals surface area contributed by atoms with Gasteiger partial charge in [-0.05, 0) is 40.0 Å². The summed E-state index contributed by atoms with van der Waals surface area (Å²) in [6, 6.07) is 0. The van der Waals surface area contributed by atoms with Gasteiger partial charge in [-0.15, -0.1) is 0 Å². The van der Waals surface area contributed by atoms with Gasteiger partial charge in [-0.2, -0.15) is 0 Å². The van der Waals surface area contributed by atoms with Crippen molar-refractivity contribution in [2.24, 2.45) is 0 Å². The Morgan fingerprint density at radius 3 is 2.00 bits per heavy atom. The number of carbonyl (C=O) groups is 1. The van der Waals surface area contributed by atoms with Gasteiger partial charge in [-0.1, -0.05) is 0 Å². The van der Waals surface area contributed by atoms with Gasteiger partial charge in [-0.25, -0.2) is 4.79 Å². The summed E-state index contributed by atoms with van der Waals surface area (Å²) in [6.07, 6.45) is 2.27. The quantitative estimate of drug-likeness (QED) is 0.691. The van der Waals surface area contributed by atoms with Gasteiger partial charge >= 0.3 is 5.97 Å². The minimum Gasteiger partial charge on any atom is -0.479 e. The maximum Gasteiger partial charge on any atom is 0.335 e. The molecule has 0 heterocycles. The van der Waals surface area contributed by atoms with Crippen molar-refractivity contribution in [3.05, 3.63) is 0 Å². The second-order valence-corrected chi connectivity index (χ2v) is 4.37. The van der Waals surface area contributed by atoms with Crippen molar-refractivity contribution in [2.45, 2.75) is 51.2 Å². The van der Waals surface area contributed by atoms with Crippen LogP contribution in [0.1, 0.15) is 40.0 Å². The molecule has 12 heavy (non-hydrogen) atoms. The lowest BCUT2D eigenvalue weighted by atomic mass is 9.79. The molecule has 0 bridgehead atoms. The highest BCUT2D eigenvalue weighted by Crippen LogP contribution is 2.38. The van der Waals surface area contributed by atoms with Crippen molar-refractivity contribution in [3.8, 4) is 0 Å². The third kappa shape index (κ3) is 1.78. The molecule has 1 rings (SSSR count). The number of hydrogen-bond acceptors (Lipinski definition) is 2. The molecule has 0 saturated heterocycles. The molecule has 0 atom stereocenters. The first-order valence-corrected chi connectivity index (χ1v) is 4.29. The van der Waals surface area contributed by atoms with E-state index in [1.807, 2.05) is 20.8 Å². The van der Waals surface area contributed by atoms with Crippen LogP contribution in [0.3, 0.4) is 0 Å². The molecule has 3 heteroatoms. The Kier molecular flexibility index (Phi) is 2.17. The summed E-state index contributed by atoms with van der Waals surface area (Å²) in [5.41, 5.74) is -1.24. The van der Waals surface area contributed by atoms with E-state index in [1.54, 1.807) is 0 Å². The molecule has 1 saturated carbocycles. The van der Waals surface area contributed by atoms with Crippen LogP contribution in [0.25, 0.3) is 0 Å². The average molecular weight is 172 g/mol. The number of aliphatic carboxylic acids is 1. The molecule has 0 aromatic rings. The van der Waals surface area contributed by atoms with Gasteiger partial charge in [0.2, 0.25) is 0 Å². The van der Waals surface area contributed by atoms with Gasteiger partial charge in [0, 0.05) is 0 Å². The lowest BCUT2D eigenvalue weighted by Crippen LogP contribution is -2.51. The van der Waals surface area contributed by atoms with Crippen molar-refractivity contribution in [3.63, 3.8) is 0 Å². The van der Waals surface area contributed by atoms with E-state index in [4.69, 9.17) is 9.84 Å². The molecule has 0 amide bonds. The highest BCUT2D eigenvalue weighted by molar-refractivity contribution is 5.78. The molecule has 1 fully saturated rings. The number of rotatable bonds is 2. The Hall–Kier alpha value is -0.570. The van der Waals surface area contributed by atoms with E-state index < -0.39 is 11.6 Å². The molecule has 0 unspecified atom stereocenters. The molecule has 1 aliphatic rings. The summed E-state index contributed by atoms with van der Waals surface area (Å²) in [7, 11) is 0. The van der Waals surface area contributed by atoms with E-state index >= 15 is 0 Å². The zero-order valence-electron chi connectivity index (χ0n) is 7.89. The number of carboxylic acid groups (broad SMARTS) is 1. The van der Waals surface area contributed by atoms with Gasteiger partial charge in [0.15, 0.2) is 5.60 Å². The van der Waals surface area contributed by atoms with Crippen LogP contribution in [0.2, 0.25) is 0 Å². The Bertz CT molecular complexity index is 186. The highest BCUT2D eigenvalue weighted by Gasteiger charge is 2.48. The van der Waals surface area contributed by atoms with E-state index in [1.165, 1.54) is 0 Å². The molecule has 0 spiro atoms. The van der Waals surface area contributed by atoms with Crippen molar-refractivity contribution < 1.29 is 14.6 Å². The Morgan fingerprint density at radius 2 is 1.92 bits per heavy atom. The molecule has 1 N–H and O–H groups in total. The van der Waals surface area contributed by atoms with Gasteiger partial charge < -0.3 is 9.84 Å². The van der Waals surface area contributed by atoms with Crippen LogP contribution in [0, 0.1) is 0 Å². The van der Waals surface area contributed by atoms with E-state index in [2.05, 4.69) is 0 Å². The second-order valence-electron chi connectivity index (χ2n) is 4.37. The van der Waals surface area contributed by atoms with Crippen LogP contribution in [-0.2, 0) is 9.53 Å². The molecule has 0 aromatic heterocycles. The molecule has 0 aliphatic heterocycles. The fourth-order valence-corrected chi connectivity index (χ4v) is 1.44. The van der Waals surface area contributed by atoms with Crippen molar-refractivity contribution in [2.75, 3.05) is 0 Å². The van der Waals surface area contributed by atoms with Crippen LogP contribution in [-0.4, -0.2) is 22.3 Å². The van der Waals surface area contributed by atoms with Crippen molar-refractivity contribution in [1.29, 1.82) is 0 Å². The third-order valence-electron chi connectivity index (χ3n) is 2.05. The SMILES string of the molecule is CC(C)(C)OC1(C(=O)O)CCC1. The number of carboxylic acids is 1. The topological polar surface area (TPSA) is 46.5 Å². The first-order valence-electron chi connectivity index (χ1n) is 4.29. The summed E-state index contributed by atoms with van der Waals surface area (Å²) in [4.78, 5) is 10.9. The first-order chi connectivity index (χ1) is 5.36. The zero-order valence-corrected chi connectivity index (χ0v) is 7.89. The largest absolute Gasteiger partial charge is 0.479 e. The van der Waals surface area contributed by atoms with Gasteiger partial charge in [0.1, 0.15) is 0 Å². The maximum absolute atomic E-state index is 10.9. The predicted molar refractivity (Wildman–Crippen MR) is 45.1 cm³/mol. The Morgan fingerprint density at radius 1 is 1.42 bits per heavy atom. The van der Waals surface area contributed by atoms with Crippen LogP contribution in [0.5, 0.6) is 0 Å². The van der Waals surface area contributed by atoms with E-state index in [9.17, 15) is 4.79 Å². The lowest BCUT2D eigenvalue weighted by molar-refractivity contribution is -0.202. The Labute approximate surface area is 72.7 Å². The zero-order chi connectivity index (χ0) is 9.41. The molecule has 0 aromatic carbocycles. The van der Waals surface area contributed by atoms with E-state index in [-0.39, 0.29) is 5.60 Å². The van der Waals surface area contributed by atoms with Gasteiger partial charge in [0.05, 0.1) is 5.60 Å². The van der Waals surface area contributed by atoms with Gasteiger partial charge in [0.25, 0.3) is 0 Å². The van der Waals surface area contributed by atoms with Crippen LogP contribution >= 0.6 is 0 Å². The molecule has 70 valence electrons. The average Bonchev–Trinajstić information content (AvgIpc) is 1.75. The number of hydrogen-bond donors (Lipinski definition) is 1. The van der Waals surface area contributed by atoms with Crippen LogP contribution < -0.4 is 0 Å². The summed E-state index contributed by atoms with van der Waals surface area (Å²) in [5, 5.41) is 8.92. The molecule has 0 radical (unpaired) electrons. The maximum atomic E-state index is 10.9. The van der Waals surface area contributed by atoms with Gasteiger partial charge in [-0.3, -0.25) is 0 Å². The summed E-state index contributed by atoms with van der Waals surface area (Å²) in [6.45, 7) is 5.65. The van der Waals surface area contributed by atoms with Crippen molar-refractivity contribution >= 4 is 5.97 Å². The van der Waals surface area contributed by atoms with Crippen molar-refractivity contribution in [1.82, 2.24) is 0 Å². The van der Waals surface area contributed by atoms with Crippen LogP contribution in [0.15, 0.2) is 0 Å². The first kappa shape index (κ1) is 9.52. The summed E-state index contributed by atoms with van der Waals surface area (Å²) in [5.74, 6) is -0.816.